The molecule has 0 atom stereocenters. The van der Waals surface area contributed by atoms with E-state index in [4.69, 9.17) is 0 Å². The molecule has 0 spiro atoms. The highest BCUT2D eigenvalue weighted by atomic mass is 32.2. The number of amides is 1. The lowest BCUT2D eigenvalue weighted by Crippen LogP contribution is -2.41. The van der Waals surface area contributed by atoms with Gasteiger partial charge in [0.05, 0.1) is 11.9 Å². The van der Waals surface area contributed by atoms with E-state index in [1.165, 1.54) is 0 Å². The highest BCUT2D eigenvalue weighted by molar-refractivity contribution is 7.92. The molecule has 0 fully saturated rings. The smallest absolute Gasteiger partial charge is 0.240 e. The van der Waals surface area contributed by atoms with Crippen LogP contribution in [0.4, 0.5) is 5.69 Å². The molecule has 0 aliphatic rings. The lowest BCUT2D eigenvalue weighted by Gasteiger charge is -2.23. The summed E-state index contributed by atoms with van der Waals surface area (Å²) in [6.45, 7) is 1.15. The first-order valence-electron chi connectivity index (χ1n) is 8.16. The van der Waals surface area contributed by atoms with Gasteiger partial charge < -0.3 is 10.2 Å². The summed E-state index contributed by atoms with van der Waals surface area (Å²) in [4.78, 5) is 14.3. The maximum Gasteiger partial charge on any atom is 0.240 e. The molecule has 0 radical (unpaired) electrons. The van der Waals surface area contributed by atoms with Crippen molar-refractivity contribution in [2.45, 2.75) is 6.42 Å². The maximum absolute atomic E-state index is 12.3. The zero-order valence-electron chi connectivity index (χ0n) is 14.9. The minimum Gasteiger partial charge on any atom is -0.354 e. The highest BCUT2D eigenvalue weighted by Gasteiger charge is 2.22. The number of sulfonamides is 1. The Morgan fingerprint density at radius 1 is 1.08 bits per heavy atom. The van der Waals surface area contributed by atoms with Gasteiger partial charge in [-0.2, -0.15) is 0 Å². The lowest BCUT2D eigenvalue weighted by molar-refractivity contribution is -0.119. The first kappa shape index (κ1) is 19.2. The number of anilines is 1. The molecule has 136 valence electrons. The predicted octanol–water partition coefficient (Wildman–Crippen LogP) is 1.67. The number of rotatable bonds is 8. The van der Waals surface area contributed by atoms with Crippen LogP contribution in [-0.2, 0) is 14.8 Å². The molecular formula is C18H25N3O3S. The van der Waals surface area contributed by atoms with Gasteiger partial charge in [0.2, 0.25) is 15.9 Å². The van der Waals surface area contributed by atoms with E-state index in [1.807, 2.05) is 49.3 Å². The minimum absolute atomic E-state index is 0.227. The Hall–Kier alpha value is -2.12. The average molecular weight is 363 g/mol. The first-order chi connectivity index (χ1) is 11.8. The molecule has 0 heterocycles. The Labute approximate surface area is 149 Å². The number of benzene rings is 2. The van der Waals surface area contributed by atoms with Gasteiger partial charge in [-0.25, -0.2) is 8.42 Å². The van der Waals surface area contributed by atoms with Crippen LogP contribution in [0.1, 0.15) is 6.42 Å². The Bertz CT molecular complexity index is 829. The summed E-state index contributed by atoms with van der Waals surface area (Å²) in [5.41, 5.74) is 0.518. The van der Waals surface area contributed by atoms with Crippen molar-refractivity contribution in [3.05, 3.63) is 42.5 Å². The van der Waals surface area contributed by atoms with Gasteiger partial charge >= 0.3 is 0 Å². The van der Waals surface area contributed by atoms with Gasteiger partial charge in [-0.3, -0.25) is 9.10 Å². The monoisotopic (exact) mass is 363 g/mol. The molecule has 1 amide bonds. The lowest BCUT2D eigenvalue weighted by atomic mass is 10.1. The third-order valence-electron chi connectivity index (χ3n) is 3.83. The second-order valence-corrected chi connectivity index (χ2v) is 8.18. The number of nitrogens with zero attached hydrogens (tertiary/aromatic N) is 2. The van der Waals surface area contributed by atoms with Gasteiger partial charge in [0.1, 0.15) is 6.54 Å². The van der Waals surface area contributed by atoms with E-state index in [9.17, 15) is 13.2 Å². The molecule has 7 heteroatoms. The fraction of sp³-hybridized carbons (Fsp3) is 0.389. The molecule has 0 unspecified atom stereocenters. The van der Waals surface area contributed by atoms with Crippen LogP contribution >= 0.6 is 0 Å². The Kier molecular flexibility index (Phi) is 6.39. The van der Waals surface area contributed by atoms with E-state index in [-0.39, 0.29) is 12.5 Å². The number of fused-ring (bicyclic) bond motifs is 1. The summed E-state index contributed by atoms with van der Waals surface area (Å²) < 4.78 is 25.7. The second-order valence-electron chi connectivity index (χ2n) is 6.27. The third kappa shape index (κ3) is 5.44. The summed E-state index contributed by atoms with van der Waals surface area (Å²) in [6, 6.07) is 13.0. The van der Waals surface area contributed by atoms with Crippen LogP contribution in [0, 0.1) is 0 Å². The second kappa shape index (κ2) is 8.31. The molecule has 0 aliphatic carbocycles. The maximum atomic E-state index is 12.3. The Morgan fingerprint density at radius 3 is 2.44 bits per heavy atom. The molecule has 1 N–H and O–H groups in total. The molecule has 0 aromatic heterocycles. The summed E-state index contributed by atoms with van der Waals surface area (Å²) in [5.74, 6) is -0.308. The standard InChI is InChI=1S/C18H25N3O3S/c1-20(2)13-7-12-19-18(22)14-21(25(3,23)24)17-11-6-9-15-8-4-5-10-16(15)17/h4-6,8-11H,7,12-14H2,1-3H3,(H,19,22). The van der Waals surface area contributed by atoms with Crippen molar-refractivity contribution in [2.75, 3.05) is 44.3 Å². The molecule has 2 rings (SSSR count). The summed E-state index contributed by atoms with van der Waals surface area (Å²) in [6.07, 6.45) is 1.93. The number of nitrogens with one attached hydrogen (secondary N) is 1. The average Bonchev–Trinajstić information content (AvgIpc) is 2.55. The van der Waals surface area contributed by atoms with Crippen LogP contribution in [0.3, 0.4) is 0 Å². The van der Waals surface area contributed by atoms with Crippen molar-refractivity contribution in [1.29, 1.82) is 0 Å². The SMILES string of the molecule is CN(C)CCCNC(=O)CN(c1cccc2ccccc12)S(C)(=O)=O. The molecule has 0 aliphatic heterocycles. The van der Waals surface area contributed by atoms with E-state index in [0.29, 0.717) is 12.2 Å². The van der Waals surface area contributed by atoms with Crippen molar-refractivity contribution < 1.29 is 13.2 Å². The first-order valence-corrected chi connectivity index (χ1v) is 10.0. The van der Waals surface area contributed by atoms with Crippen molar-refractivity contribution in [2.24, 2.45) is 0 Å². The fourth-order valence-corrected chi connectivity index (χ4v) is 3.48. The quantitative estimate of drug-likeness (QED) is 0.725. The fourth-order valence-electron chi connectivity index (χ4n) is 2.62. The third-order valence-corrected chi connectivity index (χ3v) is 4.95. The number of hydrogen-bond acceptors (Lipinski definition) is 4. The van der Waals surface area contributed by atoms with Crippen LogP contribution in [0.15, 0.2) is 42.5 Å². The molecule has 0 saturated carbocycles. The molecule has 0 saturated heterocycles. The van der Waals surface area contributed by atoms with Crippen LogP contribution in [0.2, 0.25) is 0 Å². The van der Waals surface area contributed by atoms with Crippen LogP contribution < -0.4 is 9.62 Å². The zero-order valence-corrected chi connectivity index (χ0v) is 15.7. The normalized spacial score (nSPS) is 11.7. The van der Waals surface area contributed by atoms with Crippen molar-refractivity contribution in [3.63, 3.8) is 0 Å². The van der Waals surface area contributed by atoms with Gasteiger partial charge in [0, 0.05) is 11.9 Å². The molecule has 25 heavy (non-hydrogen) atoms. The summed E-state index contributed by atoms with van der Waals surface area (Å²) in [5, 5.41) is 4.52. The van der Waals surface area contributed by atoms with Crippen molar-refractivity contribution in [1.82, 2.24) is 10.2 Å². The van der Waals surface area contributed by atoms with E-state index >= 15 is 0 Å². The topological polar surface area (TPSA) is 69.7 Å². The highest BCUT2D eigenvalue weighted by Crippen LogP contribution is 2.28. The predicted molar refractivity (Wildman–Crippen MR) is 102 cm³/mol. The van der Waals surface area contributed by atoms with E-state index in [1.54, 1.807) is 12.1 Å². The zero-order chi connectivity index (χ0) is 18.4. The van der Waals surface area contributed by atoms with E-state index in [2.05, 4.69) is 5.32 Å². The molecule has 2 aromatic rings. The summed E-state index contributed by atoms with van der Waals surface area (Å²) in [7, 11) is 0.348. The van der Waals surface area contributed by atoms with E-state index < -0.39 is 10.0 Å². The molecule has 6 nitrogen and oxygen atoms in total. The molecular weight excluding hydrogens is 338 g/mol. The Morgan fingerprint density at radius 2 is 1.76 bits per heavy atom. The number of carbonyl (C=O) groups excluding carboxylic acids is 1. The van der Waals surface area contributed by atoms with Crippen molar-refractivity contribution >= 4 is 32.4 Å². The van der Waals surface area contributed by atoms with Gasteiger partial charge in [-0.1, -0.05) is 36.4 Å². The summed E-state index contributed by atoms with van der Waals surface area (Å²) >= 11 is 0. The largest absolute Gasteiger partial charge is 0.354 e. The van der Waals surface area contributed by atoms with Gasteiger partial charge in [0.15, 0.2) is 0 Å². The van der Waals surface area contributed by atoms with Crippen molar-refractivity contribution in [3.8, 4) is 0 Å². The number of hydrogen-bond donors (Lipinski definition) is 1. The minimum atomic E-state index is -3.58. The number of carbonyl (C=O) groups is 1. The molecule has 2 aromatic carbocycles. The van der Waals surface area contributed by atoms with Crippen LogP contribution in [-0.4, -0.2) is 59.2 Å². The van der Waals surface area contributed by atoms with Crippen LogP contribution in [0.25, 0.3) is 10.8 Å². The van der Waals surface area contributed by atoms with Gasteiger partial charge in [0.25, 0.3) is 0 Å². The van der Waals surface area contributed by atoms with Gasteiger partial charge in [-0.15, -0.1) is 0 Å². The molecule has 0 bridgehead atoms. The van der Waals surface area contributed by atoms with Gasteiger partial charge in [-0.05, 0) is 38.5 Å². The van der Waals surface area contributed by atoms with Crippen LogP contribution in [0.5, 0.6) is 0 Å². The van der Waals surface area contributed by atoms with E-state index in [0.717, 1.165) is 34.3 Å². The Balaban J connectivity index is 2.18.